The highest BCUT2D eigenvalue weighted by molar-refractivity contribution is 7.80. The molecule has 1 aromatic heterocycles. The van der Waals surface area contributed by atoms with E-state index in [1.165, 1.54) is 5.01 Å². The summed E-state index contributed by atoms with van der Waals surface area (Å²) in [4.78, 5) is 0. The highest BCUT2D eigenvalue weighted by atomic mass is 35.5. The Morgan fingerprint density at radius 2 is 2.10 bits per heavy atom. The highest BCUT2D eigenvalue weighted by Gasteiger charge is 2.07. The number of rotatable bonds is 4. The Hall–Kier alpha value is -1.56. The van der Waals surface area contributed by atoms with Gasteiger partial charge in [-0.3, -0.25) is 0 Å². The summed E-state index contributed by atoms with van der Waals surface area (Å²) in [6, 6.07) is 8.94. The van der Waals surface area contributed by atoms with Gasteiger partial charge in [-0.15, -0.1) is 0 Å². The number of thiocarbonyl (C=S) groups is 1. The SMILES string of the molecule is CCN(N=Cc1ccc(-c2ccc(Cl)c(Cl)c2)o1)C(N)=S. The number of hydrazone groups is 1. The molecule has 4 nitrogen and oxygen atoms in total. The van der Waals surface area contributed by atoms with E-state index in [1.54, 1.807) is 24.4 Å². The quantitative estimate of drug-likeness (QED) is 0.515. The van der Waals surface area contributed by atoms with Crippen molar-refractivity contribution < 1.29 is 4.42 Å². The van der Waals surface area contributed by atoms with Gasteiger partial charge >= 0.3 is 0 Å². The first-order chi connectivity index (χ1) is 10.0. The third-order valence-electron chi connectivity index (χ3n) is 2.71. The van der Waals surface area contributed by atoms with Crippen LogP contribution in [0.3, 0.4) is 0 Å². The standard InChI is InChI=1S/C14H13Cl2N3OS/c1-2-19(14(17)21)18-8-10-4-6-13(20-10)9-3-5-11(15)12(16)7-9/h3-8H,2H2,1H3,(H2,17,21). The lowest BCUT2D eigenvalue weighted by Crippen LogP contribution is -2.30. The van der Waals surface area contributed by atoms with E-state index in [1.807, 2.05) is 19.1 Å². The first-order valence-corrected chi connectivity index (χ1v) is 7.34. The van der Waals surface area contributed by atoms with Gasteiger partial charge in [0, 0.05) is 12.1 Å². The molecule has 21 heavy (non-hydrogen) atoms. The van der Waals surface area contributed by atoms with E-state index in [0.29, 0.717) is 28.1 Å². The Morgan fingerprint density at radius 1 is 1.33 bits per heavy atom. The molecule has 2 rings (SSSR count). The van der Waals surface area contributed by atoms with Crippen LogP contribution in [0.5, 0.6) is 0 Å². The van der Waals surface area contributed by atoms with Crippen LogP contribution in [0, 0.1) is 0 Å². The zero-order valence-electron chi connectivity index (χ0n) is 11.2. The molecule has 0 amide bonds. The van der Waals surface area contributed by atoms with Crippen molar-refractivity contribution in [3.8, 4) is 11.3 Å². The molecule has 0 fully saturated rings. The third kappa shape index (κ3) is 3.97. The van der Waals surface area contributed by atoms with Crippen LogP contribution in [0.1, 0.15) is 12.7 Å². The topological polar surface area (TPSA) is 54.8 Å². The van der Waals surface area contributed by atoms with E-state index in [2.05, 4.69) is 5.10 Å². The minimum atomic E-state index is 0.213. The van der Waals surface area contributed by atoms with Crippen molar-refractivity contribution in [2.45, 2.75) is 6.92 Å². The van der Waals surface area contributed by atoms with Crippen molar-refractivity contribution in [1.82, 2.24) is 5.01 Å². The van der Waals surface area contributed by atoms with E-state index >= 15 is 0 Å². The van der Waals surface area contributed by atoms with Gasteiger partial charge in [0.1, 0.15) is 11.5 Å². The molecule has 0 saturated heterocycles. The normalized spacial score (nSPS) is 11.0. The predicted molar refractivity (Wildman–Crippen MR) is 90.9 cm³/mol. The lowest BCUT2D eigenvalue weighted by Gasteiger charge is -2.12. The second kappa shape index (κ2) is 6.93. The average molecular weight is 342 g/mol. The van der Waals surface area contributed by atoms with Crippen molar-refractivity contribution in [1.29, 1.82) is 0 Å². The molecule has 0 radical (unpaired) electrons. The first-order valence-electron chi connectivity index (χ1n) is 6.17. The number of hydrogen-bond donors (Lipinski definition) is 1. The first kappa shape index (κ1) is 15.8. The number of benzene rings is 1. The van der Waals surface area contributed by atoms with Crippen LogP contribution < -0.4 is 5.73 Å². The molecule has 1 aromatic carbocycles. The summed E-state index contributed by atoms with van der Waals surface area (Å²) in [6.07, 6.45) is 1.56. The van der Waals surface area contributed by atoms with Gasteiger partial charge in [-0.05, 0) is 49.5 Å². The van der Waals surface area contributed by atoms with Gasteiger partial charge in [-0.25, -0.2) is 5.01 Å². The largest absolute Gasteiger partial charge is 0.455 e. The maximum Gasteiger partial charge on any atom is 0.186 e. The molecule has 0 aliphatic rings. The molecule has 110 valence electrons. The number of hydrogen-bond acceptors (Lipinski definition) is 3. The van der Waals surface area contributed by atoms with Crippen LogP contribution in [-0.4, -0.2) is 22.9 Å². The Bertz CT molecular complexity index is 685. The molecular formula is C14H13Cl2N3OS. The monoisotopic (exact) mass is 341 g/mol. The maximum absolute atomic E-state index is 5.99. The van der Waals surface area contributed by atoms with Crippen molar-refractivity contribution in [2.24, 2.45) is 10.8 Å². The second-order valence-corrected chi connectivity index (χ2v) is 5.36. The summed E-state index contributed by atoms with van der Waals surface area (Å²) >= 11 is 16.8. The molecule has 2 N–H and O–H groups in total. The zero-order valence-corrected chi connectivity index (χ0v) is 13.5. The number of nitrogens with two attached hydrogens (primary N) is 1. The number of furan rings is 1. The van der Waals surface area contributed by atoms with Crippen LogP contribution in [0.4, 0.5) is 0 Å². The van der Waals surface area contributed by atoms with Gasteiger partial charge in [-0.2, -0.15) is 5.10 Å². The van der Waals surface area contributed by atoms with Gasteiger partial charge in [0.2, 0.25) is 0 Å². The van der Waals surface area contributed by atoms with Crippen LogP contribution in [0.25, 0.3) is 11.3 Å². The van der Waals surface area contributed by atoms with Gasteiger partial charge < -0.3 is 10.2 Å². The van der Waals surface area contributed by atoms with Crippen molar-refractivity contribution in [3.63, 3.8) is 0 Å². The fraction of sp³-hybridized carbons (Fsp3) is 0.143. The smallest absolute Gasteiger partial charge is 0.186 e. The molecular weight excluding hydrogens is 329 g/mol. The third-order valence-corrected chi connectivity index (χ3v) is 3.66. The molecule has 0 atom stereocenters. The lowest BCUT2D eigenvalue weighted by molar-refractivity contribution is 0.474. The molecule has 0 spiro atoms. The van der Waals surface area contributed by atoms with E-state index in [0.717, 1.165) is 5.56 Å². The maximum atomic E-state index is 5.99. The molecule has 2 aromatic rings. The van der Waals surface area contributed by atoms with Gasteiger partial charge in [0.25, 0.3) is 0 Å². The van der Waals surface area contributed by atoms with E-state index < -0.39 is 0 Å². The Kier molecular flexibility index (Phi) is 5.22. The molecule has 1 heterocycles. The van der Waals surface area contributed by atoms with E-state index in [4.69, 9.17) is 45.6 Å². The summed E-state index contributed by atoms with van der Waals surface area (Å²) in [5, 5.41) is 6.84. The van der Waals surface area contributed by atoms with Gasteiger partial charge in [0.15, 0.2) is 5.11 Å². The lowest BCUT2D eigenvalue weighted by atomic mass is 10.2. The summed E-state index contributed by atoms with van der Waals surface area (Å²) in [5.41, 5.74) is 6.36. The fourth-order valence-corrected chi connectivity index (χ4v) is 2.12. The van der Waals surface area contributed by atoms with Gasteiger partial charge in [-0.1, -0.05) is 23.2 Å². The van der Waals surface area contributed by atoms with E-state index in [9.17, 15) is 0 Å². The number of halogens is 2. The molecule has 0 aliphatic heterocycles. The van der Waals surface area contributed by atoms with Crippen LogP contribution >= 0.6 is 35.4 Å². The molecule has 7 heteroatoms. The van der Waals surface area contributed by atoms with Crippen LogP contribution in [0.15, 0.2) is 39.9 Å². The summed E-state index contributed by atoms with van der Waals surface area (Å²) in [7, 11) is 0. The van der Waals surface area contributed by atoms with E-state index in [-0.39, 0.29) is 5.11 Å². The molecule has 0 saturated carbocycles. The van der Waals surface area contributed by atoms with Crippen molar-refractivity contribution >= 4 is 46.7 Å². The molecule has 0 unspecified atom stereocenters. The van der Waals surface area contributed by atoms with Crippen molar-refractivity contribution in [3.05, 3.63) is 46.1 Å². The Morgan fingerprint density at radius 3 is 2.71 bits per heavy atom. The fourth-order valence-electron chi connectivity index (χ4n) is 1.65. The summed E-state index contributed by atoms with van der Waals surface area (Å²) in [5.74, 6) is 1.26. The van der Waals surface area contributed by atoms with Crippen molar-refractivity contribution in [2.75, 3.05) is 6.54 Å². The molecule has 0 aliphatic carbocycles. The van der Waals surface area contributed by atoms with Crippen LogP contribution in [0.2, 0.25) is 10.0 Å². The Balaban J connectivity index is 2.19. The molecule has 0 bridgehead atoms. The minimum Gasteiger partial charge on any atom is -0.455 e. The zero-order chi connectivity index (χ0) is 15.4. The number of nitrogens with zero attached hydrogens (tertiary/aromatic N) is 2. The van der Waals surface area contributed by atoms with Gasteiger partial charge in [0.05, 0.1) is 16.3 Å². The predicted octanol–water partition coefficient (Wildman–Crippen LogP) is 4.15. The summed E-state index contributed by atoms with van der Waals surface area (Å²) in [6.45, 7) is 2.49. The second-order valence-electron chi connectivity index (χ2n) is 4.13. The summed E-state index contributed by atoms with van der Waals surface area (Å²) < 4.78 is 5.68. The Labute approximate surface area is 138 Å². The minimum absolute atomic E-state index is 0.213. The average Bonchev–Trinajstić information content (AvgIpc) is 2.91. The van der Waals surface area contributed by atoms with Crippen LogP contribution in [-0.2, 0) is 0 Å². The highest BCUT2D eigenvalue weighted by Crippen LogP contribution is 2.29.